The maximum Gasteiger partial charge on any atom is 0.337 e. The molecule has 0 aromatic heterocycles. The highest BCUT2D eigenvalue weighted by Crippen LogP contribution is 2.15. The Hall–Kier alpha value is -2.78. The SMILES string of the molecule is COC(=O)c1cccc(C(=O)NC(=S)NNC(=O)c2ccccc2Br)c1. The lowest BCUT2D eigenvalue weighted by molar-refractivity contribution is 0.0600. The first-order valence-electron chi connectivity index (χ1n) is 7.27. The Kier molecular flexibility index (Phi) is 6.81. The van der Waals surface area contributed by atoms with E-state index in [1.165, 1.54) is 25.3 Å². The quantitative estimate of drug-likeness (QED) is 0.388. The van der Waals surface area contributed by atoms with Gasteiger partial charge in [-0.2, -0.15) is 0 Å². The normalized spacial score (nSPS) is 9.77. The van der Waals surface area contributed by atoms with Gasteiger partial charge >= 0.3 is 5.97 Å². The molecule has 0 spiro atoms. The van der Waals surface area contributed by atoms with Crippen molar-refractivity contribution >= 4 is 51.0 Å². The molecule has 0 bridgehead atoms. The van der Waals surface area contributed by atoms with Crippen LogP contribution in [-0.4, -0.2) is 30.0 Å². The lowest BCUT2D eigenvalue weighted by Gasteiger charge is -2.11. The van der Waals surface area contributed by atoms with Crippen molar-refractivity contribution in [2.75, 3.05) is 7.11 Å². The summed E-state index contributed by atoms with van der Waals surface area (Å²) in [5.74, 6) is -1.52. The Labute approximate surface area is 163 Å². The highest BCUT2D eigenvalue weighted by atomic mass is 79.9. The van der Waals surface area contributed by atoms with Gasteiger partial charge in [-0.15, -0.1) is 0 Å². The molecule has 7 nitrogen and oxygen atoms in total. The van der Waals surface area contributed by atoms with Crippen molar-refractivity contribution in [2.24, 2.45) is 0 Å². The minimum Gasteiger partial charge on any atom is -0.465 e. The van der Waals surface area contributed by atoms with Crippen molar-refractivity contribution < 1.29 is 19.1 Å². The van der Waals surface area contributed by atoms with Crippen molar-refractivity contribution in [3.8, 4) is 0 Å². The van der Waals surface area contributed by atoms with Gasteiger partial charge in [0.2, 0.25) is 0 Å². The number of ether oxygens (including phenoxy) is 1. The van der Waals surface area contributed by atoms with Gasteiger partial charge in [-0.1, -0.05) is 18.2 Å². The summed E-state index contributed by atoms with van der Waals surface area (Å²) < 4.78 is 5.23. The van der Waals surface area contributed by atoms with Crippen molar-refractivity contribution in [2.45, 2.75) is 0 Å². The highest BCUT2D eigenvalue weighted by molar-refractivity contribution is 9.10. The van der Waals surface area contributed by atoms with Gasteiger partial charge in [-0.3, -0.25) is 25.8 Å². The highest BCUT2D eigenvalue weighted by Gasteiger charge is 2.13. The molecule has 0 aliphatic carbocycles. The van der Waals surface area contributed by atoms with E-state index < -0.39 is 17.8 Å². The van der Waals surface area contributed by atoms with Crippen molar-refractivity contribution in [1.82, 2.24) is 16.2 Å². The molecule has 0 aliphatic rings. The summed E-state index contributed by atoms with van der Waals surface area (Å²) in [4.78, 5) is 35.7. The number of halogens is 1. The Morgan fingerprint density at radius 1 is 0.962 bits per heavy atom. The van der Waals surface area contributed by atoms with Gasteiger partial charge in [-0.25, -0.2) is 4.79 Å². The van der Waals surface area contributed by atoms with Crippen LogP contribution in [0.15, 0.2) is 53.0 Å². The molecule has 134 valence electrons. The first kappa shape index (κ1) is 19.5. The molecule has 2 rings (SSSR count). The predicted molar refractivity (Wildman–Crippen MR) is 103 cm³/mol. The molecule has 0 atom stereocenters. The molecule has 9 heteroatoms. The van der Waals surface area contributed by atoms with E-state index in [0.29, 0.717) is 10.0 Å². The third kappa shape index (κ3) is 5.11. The molecule has 2 amide bonds. The third-order valence-corrected chi connectivity index (χ3v) is 4.08. The van der Waals surface area contributed by atoms with E-state index in [-0.39, 0.29) is 16.2 Å². The van der Waals surface area contributed by atoms with E-state index >= 15 is 0 Å². The lowest BCUT2D eigenvalue weighted by atomic mass is 10.1. The van der Waals surface area contributed by atoms with Crippen molar-refractivity contribution in [1.29, 1.82) is 0 Å². The average molecular weight is 436 g/mol. The van der Waals surface area contributed by atoms with Crippen molar-refractivity contribution in [3.63, 3.8) is 0 Å². The summed E-state index contributed by atoms with van der Waals surface area (Å²) in [7, 11) is 1.25. The van der Waals surface area contributed by atoms with Crippen LogP contribution in [0.1, 0.15) is 31.1 Å². The van der Waals surface area contributed by atoms with Crippen LogP contribution in [0.5, 0.6) is 0 Å². The Balaban J connectivity index is 1.93. The smallest absolute Gasteiger partial charge is 0.337 e. The van der Waals surface area contributed by atoms with Gasteiger partial charge < -0.3 is 4.74 Å². The zero-order valence-corrected chi connectivity index (χ0v) is 15.9. The van der Waals surface area contributed by atoms with Gasteiger partial charge in [0, 0.05) is 10.0 Å². The number of rotatable bonds is 3. The number of hydrazine groups is 1. The topological polar surface area (TPSA) is 96.5 Å². The number of carbonyl (C=O) groups is 3. The van der Waals surface area contributed by atoms with Crippen LogP contribution in [0, 0.1) is 0 Å². The van der Waals surface area contributed by atoms with Crippen molar-refractivity contribution in [3.05, 3.63) is 69.7 Å². The molecule has 0 aliphatic heterocycles. The van der Waals surface area contributed by atoms with Gasteiger partial charge in [0.1, 0.15) is 0 Å². The Morgan fingerprint density at radius 2 is 1.65 bits per heavy atom. The largest absolute Gasteiger partial charge is 0.465 e. The molecule has 0 heterocycles. The second-order valence-electron chi connectivity index (χ2n) is 4.91. The second kappa shape index (κ2) is 9.07. The molecule has 0 saturated carbocycles. The fourth-order valence-corrected chi connectivity index (χ4v) is 2.55. The maximum absolute atomic E-state index is 12.2. The van der Waals surface area contributed by atoms with Crippen LogP contribution >= 0.6 is 28.1 Å². The molecule has 0 radical (unpaired) electrons. The second-order valence-corrected chi connectivity index (χ2v) is 6.18. The van der Waals surface area contributed by atoms with E-state index in [1.54, 1.807) is 30.3 Å². The third-order valence-electron chi connectivity index (χ3n) is 3.18. The van der Waals surface area contributed by atoms with Crippen LogP contribution in [-0.2, 0) is 4.74 Å². The summed E-state index contributed by atoms with van der Waals surface area (Å²) in [6.07, 6.45) is 0. The summed E-state index contributed by atoms with van der Waals surface area (Å²) >= 11 is 8.25. The van der Waals surface area contributed by atoms with Crippen LogP contribution in [0.4, 0.5) is 0 Å². The van der Waals surface area contributed by atoms with Crippen LogP contribution < -0.4 is 16.2 Å². The zero-order valence-electron chi connectivity index (χ0n) is 13.5. The molecule has 3 N–H and O–H groups in total. The first-order chi connectivity index (χ1) is 12.4. The first-order valence-corrected chi connectivity index (χ1v) is 8.47. The van der Waals surface area contributed by atoms with Gasteiger partial charge in [-0.05, 0) is 58.5 Å². The summed E-state index contributed by atoms with van der Waals surface area (Å²) in [6.45, 7) is 0. The molecule has 0 unspecified atom stereocenters. The maximum atomic E-state index is 12.2. The molecule has 2 aromatic carbocycles. The van der Waals surface area contributed by atoms with E-state index in [2.05, 4.69) is 36.8 Å². The number of amides is 2. The number of hydrogen-bond acceptors (Lipinski definition) is 5. The standard InChI is InChI=1S/C17H14BrN3O4S/c1-25-16(24)11-6-4-5-10(9-11)14(22)19-17(26)21-20-15(23)12-7-2-3-8-13(12)18/h2-9H,1H3,(H,20,23)(H2,19,21,22,26). The fourth-order valence-electron chi connectivity index (χ4n) is 1.94. The number of methoxy groups -OCH3 is 1. The molecule has 0 saturated heterocycles. The number of benzene rings is 2. The molecular formula is C17H14BrN3O4S. The van der Waals surface area contributed by atoms with E-state index in [9.17, 15) is 14.4 Å². The zero-order chi connectivity index (χ0) is 19.1. The number of hydrogen-bond donors (Lipinski definition) is 3. The monoisotopic (exact) mass is 435 g/mol. The summed E-state index contributed by atoms with van der Waals surface area (Å²) in [5, 5.41) is 2.31. The number of thiocarbonyl (C=S) groups is 1. The number of carbonyl (C=O) groups excluding carboxylic acids is 3. The minimum absolute atomic E-state index is 0.0983. The minimum atomic E-state index is -0.555. The number of nitrogens with one attached hydrogen (secondary N) is 3. The van der Waals surface area contributed by atoms with Gasteiger partial charge in [0.05, 0.1) is 18.2 Å². The average Bonchev–Trinajstić information content (AvgIpc) is 2.65. The van der Waals surface area contributed by atoms with E-state index in [1.807, 2.05) is 0 Å². The van der Waals surface area contributed by atoms with Crippen LogP contribution in [0.3, 0.4) is 0 Å². The molecule has 26 heavy (non-hydrogen) atoms. The summed E-state index contributed by atoms with van der Waals surface area (Å²) in [6, 6.07) is 12.8. The Bertz CT molecular complexity index is 873. The van der Waals surface area contributed by atoms with E-state index in [4.69, 9.17) is 12.2 Å². The summed E-state index contributed by atoms with van der Waals surface area (Å²) in [5.41, 5.74) is 5.69. The van der Waals surface area contributed by atoms with Gasteiger partial charge in [0.15, 0.2) is 5.11 Å². The Morgan fingerprint density at radius 3 is 2.35 bits per heavy atom. The van der Waals surface area contributed by atoms with E-state index in [0.717, 1.165) is 0 Å². The predicted octanol–water partition coefficient (Wildman–Crippen LogP) is 2.18. The van der Waals surface area contributed by atoms with Crippen LogP contribution in [0.25, 0.3) is 0 Å². The molecule has 0 fully saturated rings. The lowest BCUT2D eigenvalue weighted by Crippen LogP contribution is -2.48. The van der Waals surface area contributed by atoms with Crippen LogP contribution in [0.2, 0.25) is 0 Å². The number of esters is 1. The molecule has 2 aromatic rings. The molecular weight excluding hydrogens is 422 g/mol. The fraction of sp³-hybridized carbons (Fsp3) is 0.0588. The van der Waals surface area contributed by atoms with Gasteiger partial charge in [0.25, 0.3) is 11.8 Å².